The second kappa shape index (κ2) is 5.68. The van der Waals surface area contributed by atoms with Gasteiger partial charge in [0.25, 0.3) is 0 Å². The van der Waals surface area contributed by atoms with Gasteiger partial charge in [0.05, 0.1) is 0 Å². The minimum atomic E-state index is -2.19. The highest BCUT2D eigenvalue weighted by Gasteiger charge is 2.58. The molecule has 1 aliphatic rings. The van der Waals surface area contributed by atoms with Crippen LogP contribution in [0.5, 0.6) is 0 Å². The molecule has 0 aromatic heterocycles. The van der Waals surface area contributed by atoms with Crippen molar-refractivity contribution in [2.24, 2.45) is 11.8 Å². The molecule has 1 aliphatic carbocycles. The molecule has 2 unspecified atom stereocenters. The number of carbonyl (C=O) groups excluding carboxylic acids is 2. The maximum atomic E-state index is 12.6. The number of nitro groups is 1. The summed E-state index contributed by atoms with van der Waals surface area (Å²) in [5.41, 5.74) is -0.169. The molecule has 2 atom stereocenters. The fourth-order valence-corrected chi connectivity index (χ4v) is 2.30. The summed E-state index contributed by atoms with van der Waals surface area (Å²) in [5, 5.41) is 11.6. The standard InChI is InChI=1S/C14H13N3O4/c15-16-13(19)11-8-4-5-9-14(11,17(20)21)12(18)10-6-2-1-3-7-10/h1-9,11H,15H2,(H,16,19). The lowest BCUT2D eigenvalue weighted by Crippen LogP contribution is -2.57. The highest BCUT2D eigenvalue weighted by atomic mass is 16.6. The Balaban J connectivity index is 2.57. The molecule has 0 spiro atoms. The van der Waals surface area contributed by atoms with Crippen molar-refractivity contribution in [3.05, 3.63) is 70.3 Å². The van der Waals surface area contributed by atoms with Crippen molar-refractivity contribution in [3.63, 3.8) is 0 Å². The number of benzene rings is 1. The predicted molar refractivity (Wildman–Crippen MR) is 74.6 cm³/mol. The van der Waals surface area contributed by atoms with E-state index in [1.807, 2.05) is 5.43 Å². The van der Waals surface area contributed by atoms with E-state index in [1.54, 1.807) is 18.2 Å². The largest absolute Gasteiger partial charge is 0.317 e. The third-order valence-electron chi connectivity index (χ3n) is 3.37. The monoisotopic (exact) mass is 287 g/mol. The van der Waals surface area contributed by atoms with Crippen LogP contribution in [0, 0.1) is 16.0 Å². The van der Waals surface area contributed by atoms with Crippen LogP contribution in [0.4, 0.5) is 0 Å². The van der Waals surface area contributed by atoms with E-state index in [2.05, 4.69) is 0 Å². The number of nitrogens with two attached hydrogens (primary N) is 1. The van der Waals surface area contributed by atoms with E-state index in [1.165, 1.54) is 30.4 Å². The highest BCUT2D eigenvalue weighted by molar-refractivity contribution is 6.07. The number of ketones is 1. The first kappa shape index (κ1) is 14.6. The molecule has 21 heavy (non-hydrogen) atoms. The van der Waals surface area contributed by atoms with Crippen LogP contribution in [0.25, 0.3) is 0 Å². The summed E-state index contributed by atoms with van der Waals surface area (Å²) < 4.78 is 0. The van der Waals surface area contributed by atoms with E-state index in [9.17, 15) is 19.7 Å². The SMILES string of the molecule is NNC(=O)C1C=CC=CC1(C(=O)c1ccccc1)[N+](=O)[O-]. The Morgan fingerprint density at radius 1 is 1.24 bits per heavy atom. The second-order valence-electron chi connectivity index (χ2n) is 4.51. The van der Waals surface area contributed by atoms with E-state index >= 15 is 0 Å². The quantitative estimate of drug-likeness (QED) is 0.277. The number of hydrazine groups is 1. The molecule has 7 nitrogen and oxygen atoms in total. The maximum Gasteiger partial charge on any atom is 0.317 e. The van der Waals surface area contributed by atoms with Crippen LogP contribution in [0.2, 0.25) is 0 Å². The first-order valence-electron chi connectivity index (χ1n) is 6.15. The van der Waals surface area contributed by atoms with Crippen LogP contribution in [0.1, 0.15) is 10.4 Å². The van der Waals surface area contributed by atoms with Crippen LogP contribution in [-0.4, -0.2) is 22.2 Å². The Bertz CT molecular complexity index is 639. The van der Waals surface area contributed by atoms with Crippen LogP contribution < -0.4 is 11.3 Å². The first-order valence-corrected chi connectivity index (χ1v) is 6.15. The van der Waals surface area contributed by atoms with Gasteiger partial charge in [-0.15, -0.1) is 0 Å². The molecule has 0 aliphatic heterocycles. The van der Waals surface area contributed by atoms with Crippen molar-refractivity contribution >= 4 is 11.7 Å². The fourth-order valence-electron chi connectivity index (χ4n) is 2.30. The van der Waals surface area contributed by atoms with Gasteiger partial charge in [0.2, 0.25) is 11.7 Å². The van der Waals surface area contributed by atoms with Crippen LogP contribution in [0.15, 0.2) is 54.6 Å². The van der Waals surface area contributed by atoms with Gasteiger partial charge in [0.15, 0.2) is 0 Å². The molecule has 1 aromatic rings. The molecule has 0 radical (unpaired) electrons. The molecule has 2 rings (SSSR count). The number of allylic oxidation sites excluding steroid dienone is 2. The molecule has 108 valence electrons. The molecule has 0 fully saturated rings. The van der Waals surface area contributed by atoms with Gasteiger partial charge >= 0.3 is 5.54 Å². The molecular formula is C14H13N3O4. The Labute approximate surface area is 120 Å². The summed E-state index contributed by atoms with van der Waals surface area (Å²) in [7, 11) is 0. The minimum absolute atomic E-state index is 0.156. The van der Waals surface area contributed by atoms with Crippen molar-refractivity contribution in [2.75, 3.05) is 0 Å². The number of hydrogen-bond donors (Lipinski definition) is 2. The summed E-state index contributed by atoms with van der Waals surface area (Å²) in [5.74, 6) is 2.20. The Kier molecular flexibility index (Phi) is 3.95. The van der Waals surface area contributed by atoms with Gasteiger partial charge in [-0.2, -0.15) is 0 Å². The van der Waals surface area contributed by atoms with Gasteiger partial charge in [-0.05, 0) is 0 Å². The summed E-state index contributed by atoms with van der Waals surface area (Å²) in [6, 6.07) is 7.83. The van der Waals surface area contributed by atoms with Crippen LogP contribution in [0.3, 0.4) is 0 Å². The number of nitrogens with zero attached hydrogens (tertiary/aromatic N) is 1. The molecule has 7 heteroatoms. The summed E-state index contributed by atoms with van der Waals surface area (Å²) in [4.78, 5) is 35.3. The number of amides is 1. The molecule has 0 bridgehead atoms. The van der Waals surface area contributed by atoms with Crippen molar-refractivity contribution in [3.8, 4) is 0 Å². The van der Waals surface area contributed by atoms with Crippen molar-refractivity contribution in [1.82, 2.24) is 5.43 Å². The summed E-state index contributed by atoms with van der Waals surface area (Å²) in [6.07, 6.45) is 5.28. The average Bonchev–Trinajstić information content (AvgIpc) is 2.53. The normalized spacial score (nSPS) is 23.6. The maximum absolute atomic E-state index is 12.6. The highest BCUT2D eigenvalue weighted by Crippen LogP contribution is 2.32. The summed E-state index contributed by atoms with van der Waals surface area (Å²) >= 11 is 0. The number of carbonyl (C=O) groups is 2. The van der Waals surface area contributed by atoms with E-state index in [4.69, 9.17) is 5.84 Å². The third-order valence-corrected chi connectivity index (χ3v) is 3.37. The van der Waals surface area contributed by atoms with Gasteiger partial charge < -0.3 is 0 Å². The molecule has 3 N–H and O–H groups in total. The van der Waals surface area contributed by atoms with Crippen LogP contribution in [-0.2, 0) is 4.79 Å². The van der Waals surface area contributed by atoms with Gasteiger partial charge in [-0.25, -0.2) is 5.84 Å². The molecule has 1 aromatic carbocycles. The fraction of sp³-hybridized carbons (Fsp3) is 0.143. The predicted octanol–water partition coefficient (Wildman–Crippen LogP) is 0.617. The lowest BCUT2D eigenvalue weighted by Gasteiger charge is -2.27. The Morgan fingerprint density at radius 3 is 2.48 bits per heavy atom. The zero-order valence-electron chi connectivity index (χ0n) is 10.9. The molecule has 0 saturated heterocycles. The van der Waals surface area contributed by atoms with E-state index in [0.29, 0.717) is 0 Å². The van der Waals surface area contributed by atoms with E-state index < -0.39 is 28.1 Å². The zero-order valence-corrected chi connectivity index (χ0v) is 10.9. The minimum Gasteiger partial charge on any atom is -0.293 e. The lowest BCUT2D eigenvalue weighted by molar-refractivity contribution is -0.540. The van der Waals surface area contributed by atoms with Crippen molar-refractivity contribution < 1.29 is 14.5 Å². The Hall–Kier alpha value is -2.80. The smallest absolute Gasteiger partial charge is 0.293 e. The van der Waals surface area contributed by atoms with E-state index in [-0.39, 0.29) is 5.56 Å². The van der Waals surface area contributed by atoms with Gasteiger partial charge in [0.1, 0.15) is 5.92 Å². The van der Waals surface area contributed by atoms with Crippen molar-refractivity contribution in [2.45, 2.75) is 5.54 Å². The first-order chi connectivity index (χ1) is 10.0. The molecular weight excluding hydrogens is 274 g/mol. The average molecular weight is 287 g/mol. The molecule has 0 heterocycles. The van der Waals surface area contributed by atoms with Gasteiger partial charge in [-0.3, -0.25) is 25.1 Å². The van der Waals surface area contributed by atoms with Gasteiger partial charge in [-0.1, -0.05) is 48.6 Å². The molecule has 1 amide bonds. The topological polar surface area (TPSA) is 115 Å². The van der Waals surface area contributed by atoms with E-state index in [0.717, 1.165) is 6.08 Å². The number of hydrogen-bond acceptors (Lipinski definition) is 5. The summed E-state index contributed by atoms with van der Waals surface area (Å²) in [6.45, 7) is 0. The second-order valence-corrected chi connectivity index (χ2v) is 4.51. The number of Topliss-reactive ketones (excluding diaryl/α,β-unsaturated/α-hetero) is 1. The molecule has 0 saturated carbocycles. The van der Waals surface area contributed by atoms with Crippen molar-refractivity contribution in [1.29, 1.82) is 0 Å². The number of rotatable bonds is 4. The lowest BCUT2D eigenvalue weighted by atomic mass is 9.75. The zero-order chi connectivity index (χ0) is 15.5. The van der Waals surface area contributed by atoms with Crippen LogP contribution >= 0.6 is 0 Å². The number of nitrogens with one attached hydrogen (secondary N) is 1. The third kappa shape index (κ3) is 2.34. The van der Waals surface area contributed by atoms with Gasteiger partial charge in [0, 0.05) is 16.6 Å². The Morgan fingerprint density at radius 2 is 1.90 bits per heavy atom.